The minimum absolute atomic E-state index is 0.124. The van der Waals surface area contributed by atoms with Crippen molar-refractivity contribution in [1.29, 1.82) is 0 Å². The maximum Gasteiger partial charge on any atom is 0.241 e. The number of fused-ring (bicyclic) bond motifs is 5. The van der Waals surface area contributed by atoms with E-state index < -0.39 is 0 Å². The van der Waals surface area contributed by atoms with E-state index >= 15 is 0 Å². The summed E-state index contributed by atoms with van der Waals surface area (Å²) in [6.07, 6.45) is 1.45. The molecule has 8 heteroatoms. The number of hydrogen-bond donors (Lipinski definition) is 0. The van der Waals surface area contributed by atoms with Crippen LogP contribution >= 0.6 is 23.2 Å². The smallest absolute Gasteiger partial charge is 0.241 e. The maximum absolute atomic E-state index is 12.9. The van der Waals surface area contributed by atoms with Crippen molar-refractivity contribution in [1.82, 2.24) is 9.78 Å². The minimum atomic E-state index is -0.350. The van der Waals surface area contributed by atoms with Gasteiger partial charge >= 0.3 is 0 Å². The number of benzene rings is 1. The van der Waals surface area contributed by atoms with Crippen LogP contribution < -0.4 is 4.90 Å². The molecule has 0 N–H and O–H groups in total. The number of carbonyl (C=O) groups excluding carboxylic acids is 2. The Balaban J connectivity index is 1.43. The number of imide groups is 1. The summed E-state index contributed by atoms with van der Waals surface area (Å²) >= 11 is 12.0. The number of nitrogens with zero attached hydrogens (tertiary/aromatic N) is 3. The fourth-order valence-corrected chi connectivity index (χ4v) is 4.83. The minimum Gasteiger partial charge on any atom is -0.373 e. The second-order valence-electron chi connectivity index (χ2n) is 7.40. The highest BCUT2D eigenvalue weighted by molar-refractivity contribution is 6.42. The molecule has 0 saturated carbocycles. The van der Waals surface area contributed by atoms with E-state index in [0.29, 0.717) is 22.4 Å². The topological polar surface area (TPSA) is 64.4 Å². The van der Waals surface area contributed by atoms with E-state index in [4.69, 9.17) is 27.9 Å². The monoisotopic (exact) mass is 405 g/mol. The second kappa shape index (κ2) is 6.06. The van der Waals surface area contributed by atoms with Gasteiger partial charge in [-0.2, -0.15) is 5.10 Å². The molecular weight excluding hydrogens is 389 g/mol. The number of ether oxygens (including phenoxy) is 1. The van der Waals surface area contributed by atoms with Crippen LogP contribution in [0.15, 0.2) is 24.3 Å². The summed E-state index contributed by atoms with van der Waals surface area (Å²) in [5.74, 6) is -0.683. The SMILES string of the molecule is Cc1cc(N2C(=O)[C@@H]3[C@H](C2=O)[C@H]2CC[C@@H]3O2)nn1Cc1ccc(Cl)c(Cl)c1. The molecular formula is C19H17Cl2N3O3. The van der Waals surface area contributed by atoms with E-state index in [9.17, 15) is 9.59 Å². The predicted octanol–water partition coefficient (Wildman–Crippen LogP) is 3.21. The first-order valence-corrected chi connectivity index (χ1v) is 9.71. The van der Waals surface area contributed by atoms with Crippen molar-refractivity contribution in [2.24, 2.45) is 11.8 Å². The molecule has 140 valence electrons. The summed E-state index contributed by atoms with van der Waals surface area (Å²) in [6, 6.07) is 7.18. The predicted molar refractivity (Wildman–Crippen MR) is 99.9 cm³/mol. The third-order valence-electron chi connectivity index (χ3n) is 5.80. The molecule has 5 rings (SSSR count). The van der Waals surface area contributed by atoms with Crippen LogP contribution in [0.1, 0.15) is 24.1 Å². The Morgan fingerprint density at radius 2 is 1.74 bits per heavy atom. The lowest BCUT2D eigenvalue weighted by Crippen LogP contribution is -2.34. The number of hydrogen-bond acceptors (Lipinski definition) is 4. The molecule has 2 bridgehead atoms. The molecule has 2 amide bonds. The largest absolute Gasteiger partial charge is 0.373 e. The van der Waals surface area contributed by atoms with Crippen LogP contribution in [0.2, 0.25) is 10.0 Å². The van der Waals surface area contributed by atoms with Gasteiger partial charge in [0.05, 0.1) is 40.6 Å². The quantitative estimate of drug-likeness (QED) is 0.735. The maximum atomic E-state index is 12.9. The molecule has 6 nitrogen and oxygen atoms in total. The van der Waals surface area contributed by atoms with Gasteiger partial charge in [0.25, 0.3) is 0 Å². The van der Waals surface area contributed by atoms with Crippen molar-refractivity contribution in [3.63, 3.8) is 0 Å². The highest BCUT2D eigenvalue weighted by atomic mass is 35.5. The van der Waals surface area contributed by atoms with Crippen LogP contribution in [0.4, 0.5) is 5.82 Å². The molecule has 0 aliphatic carbocycles. The standard InChI is InChI=1S/C19H17Cl2N3O3/c1-9-6-15(22-23(9)8-10-2-3-11(20)12(21)7-10)24-18(25)16-13-4-5-14(27-13)17(16)19(24)26/h2-3,6-7,13-14,16-17H,4-5,8H2,1H3/t13-,14+,16-,17+. The van der Waals surface area contributed by atoms with E-state index in [0.717, 1.165) is 24.1 Å². The summed E-state index contributed by atoms with van der Waals surface area (Å²) in [6.45, 7) is 2.37. The number of aromatic nitrogens is 2. The van der Waals surface area contributed by atoms with Gasteiger partial charge < -0.3 is 4.74 Å². The normalized spacial score (nSPS) is 29.1. The van der Waals surface area contributed by atoms with Crippen LogP contribution in [0.5, 0.6) is 0 Å². The van der Waals surface area contributed by atoms with Gasteiger partial charge in [-0.15, -0.1) is 0 Å². The van der Waals surface area contributed by atoms with Crippen molar-refractivity contribution < 1.29 is 14.3 Å². The number of anilines is 1. The van der Waals surface area contributed by atoms with Crippen LogP contribution in [0.3, 0.4) is 0 Å². The lowest BCUT2D eigenvalue weighted by molar-refractivity contribution is -0.124. The van der Waals surface area contributed by atoms with Crippen molar-refractivity contribution in [3.8, 4) is 0 Å². The zero-order chi connectivity index (χ0) is 18.9. The fraction of sp³-hybridized carbons (Fsp3) is 0.421. The lowest BCUT2D eigenvalue weighted by Gasteiger charge is -2.15. The van der Waals surface area contributed by atoms with Gasteiger partial charge in [0.2, 0.25) is 11.8 Å². The number of carbonyl (C=O) groups is 2. The molecule has 1 aromatic heterocycles. The van der Waals surface area contributed by atoms with Gasteiger partial charge in [-0.25, -0.2) is 4.90 Å². The Hall–Kier alpha value is -1.89. The molecule has 0 spiro atoms. The molecule has 3 aliphatic heterocycles. The molecule has 3 saturated heterocycles. The Morgan fingerprint density at radius 1 is 1.07 bits per heavy atom. The van der Waals surface area contributed by atoms with Crippen LogP contribution in [-0.4, -0.2) is 33.8 Å². The van der Waals surface area contributed by atoms with Gasteiger partial charge in [-0.3, -0.25) is 14.3 Å². The molecule has 4 heterocycles. The van der Waals surface area contributed by atoms with Gasteiger partial charge in [-0.05, 0) is 37.5 Å². The first-order chi connectivity index (χ1) is 12.9. The number of rotatable bonds is 3. The van der Waals surface area contributed by atoms with Crippen LogP contribution in [-0.2, 0) is 20.9 Å². The fourth-order valence-electron chi connectivity index (χ4n) is 4.51. The second-order valence-corrected chi connectivity index (χ2v) is 8.22. The zero-order valence-electron chi connectivity index (χ0n) is 14.6. The summed E-state index contributed by atoms with van der Waals surface area (Å²) in [5.41, 5.74) is 1.79. The van der Waals surface area contributed by atoms with Crippen LogP contribution in [0.25, 0.3) is 0 Å². The van der Waals surface area contributed by atoms with E-state index in [1.165, 1.54) is 4.90 Å². The van der Waals surface area contributed by atoms with Gasteiger partial charge in [0, 0.05) is 11.8 Å². The molecule has 4 atom stereocenters. The van der Waals surface area contributed by atoms with Gasteiger partial charge in [-0.1, -0.05) is 29.3 Å². The third kappa shape index (κ3) is 2.54. The van der Waals surface area contributed by atoms with E-state index in [-0.39, 0.29) is 35.9 Å². The van der Waals surface area contributed by atoms with Crippen molar-refractivity contribution >= 4 is 40.8 Å². The van der Waals surface area contributed by atoms with E-state index in [1.54, 1.807) is 22.9 Å². The molecule has 27 heavy (non-hydrogen) atoms. The Morgan fingerprint density at radius 3 is 2.37 bits per heavy atom. The van der Waals surface area contributed by atoms with E-state index in [1.807, 2.05) is 13.0 Å². The lowest BCUT2D eigenvalue weighted by atomic mass is 9.81. The first-order valence-electron chi connectivity index (χ1n) is 8.95. The average molecular weight is 406 g/mol. The highest BCUT2D eigenvalue weighted by Gasteiger charge is 2.63. The van der Waals surface area contributed by atoms with Gasteiger partial charge in [0.15, 0.2) is 5.82 Å². The summed E-state index contributed by atoms with van der Waals surface area (Å²) < 4.78 is 7.53. The van der Waals surface area contributed by atoms with Gasteiger partial charge in [0.1, 0.15) is 0 Å². The molecule has 1 aromatic carbocycles. The summed E-state index contributed by atoms with van der Waals surface area (Å²) in [4.78, 5) is 27.0. The van der Waals surface area contributed by atoms with Crippen molar-refractivity contribution in [3.05, 3.63) is 45.6 Å². The molecule has 2 aromatic rings. The Labute approximate surface area is 166 Å². The van der Waals surface area contributed by atoms with E-state index in [2.05, 4.69) is 5.10 Å². The zero-order valence-corrected chi connectivity index (χ0v) is 16.1. The Bertz CT molecular complexity index is 945. The molecule has 0 radical (unpaired) electrons. The molecule has 3 fully saturated rings. The summed E-state index contributed by atoms with van der Waals surface area (Å²) in [5, 5.41) is 5.50. The van der Waals surface area contributed by atoms with Crippen molar-refractivity contribution in [2.45, 2.75) is 38.5 Å². The van der Waals surface area contributed by atoms with Crippen molar-refractivity contribution in [2.75, 3.05) is 4.90 Å². The Kier molecular flexibility index (Phi) is 3.86. The number of aryl methyl sites for hydroxylation is 1. The highest BCUT2D eigenvalue weighted by Crippen LogP contribution is 2.49. The molecule has 3 aliphatic rings. The molecule has 0 unspecified atom stereocenters. The number of halogens is 2. The third-order valence-corrected chi connectivity index (χ3v) is 6.54. The number of amides is 2. The van der Waals surface area contributed by atoms with Crippen LogP contribution in [0, 0.1) is 18.8 Å². The first kappa shape index (κ1) is 17.2. The summed E-state index contributed by atoms with van der Waals surface area (Å²) in [7, 11) is 0. The average Bonchev–Trinajstić information content (AvgIpc) is 3.37.